The fourth-order valence-electron chi connectivity index (χ4n) is 2.41. The van der Waals surface area contributed by atoms with Crippen LogP contribution in [0.2, 0.25) is 0 Å². The van der Waals surface area contributed by atoms with Gasteiger partial charge in [0.2, 0.25) is 5.91 Å². The molecule has 1 aliphatic heterocycles. The molecule has 1 amide bonds. The second-order valence-corrected chi connectivity index (χ2v) is 5.16. The summed E-state index contributed by atoms with van der Waals surface area (Å²) >= 11 is 0. The van der Waals surface area contributed by atoms with Crippen molar-refractivity contribution in [1.29, 1.82) is 0 Å². The van der Waals surface area contributed by atoms with Crippen molar-refractivity contribution >= 4 is 18.3 Å². The maximum Gasteiger partial charge on any atom is 0.394 e. The molecule has 0 aliphatic carbocycles. The Labute approximate surface area is 111 Å². The van der Waals surface area contributed by atoms with Crippen LogP contribution in [-0.2, 0) is 4.79 Å². The smallest absolute Gasteiger partial charge is 0.337 e. The first-order chi connectivity index (χ1) is 7.62. The van der Waals surface area contributed by atoms with Crippen molar-refractivity contribution in [2.24, 2.45) is 17.6 Å². The number of carbonyl (C=O) groups excluding carboxylic acids is 1. The normalized spacial score (nSPS) is 24.6. The lowest BCUT2D eigenvalue weighted by Gasteiger charge is -2.37. The summed E-state index contributed by atoms with van der Waals surface area (Å²) in [6.45, 7) is 4.89. The van der Waals surface area contributed by atoms with E-state index >= 15 is 0 Å². The van der Waals surface area contributed by atoms with Crippen LogP contribution in [0.4, 0.5) is 13.2 Å². The molecule has 2 unspecified atom stereocenters. The molecule has 3 nitrogen and oxygen atoms in total. The number of alkyl halides is 3. The highest BCUT2D eigenvalue weighted by molar-refractivity contribution is 5.85. The van der Waals surface area contributed by atoms with E-state index in [9.17, 15) is 18.0 Å². The molecule has 2 N–H and O–H groups in total. The predicted octanol–water partition coefficient (Wildman–Crippen LogP) is 2.19. The van der Waals surface area contributed by atoms with Crippen molar-refractivity contribution in [3.63, 3.8) is 0 Å². The zero-order valence-electron chi connectivity index (χ0n) is 10.8. The van der Waals surface area contributed by atoms with Gasteiger partial charge in [0.1, 0.15) is 0 Å². The van der Waals surface area contributed by atoms with Crippen molar-refractivity contribution in [2.45, 2.75) is 38.9 Å². The zero-order valence-corrected chi connectivity index (χ0v) is 11.6. The van der Waals surface area contributed by atoms with E-state index in [-0.39, 0.29) is 37.8 Å². The van der Waals surface area contributed by atoms with Gasteiger partial charge in [0, 0.05) is 24.5 Å². The molecule has 0 aromatic rings. The maximum atomic E-state index is 12.8. The lowest BCUT2D eigenvalue weighted by atomic mass is 9.87. The number of rotatable bonds is 2. The molecule has 1 fully saturated rings. The largest absolute Gasteiger partial charge is 0.394 e. The van der Waals surface area contributed by atoms with Crippen molar-refractivity contribution in [3.8, 4) is 0 Å². The Morgan fingerprint density at radius 3 is 2.33 bits per heavy atom. The highest BCUT2D eigenvalue weighted by Crippen LogP contribution is 2.45. The molecule has 0 radical (unpaired) electrons. The lowest BCUT2D eigenvalue weighted by Crippen LogP contribution is -2.51. The molecular weight excluding hydrogens is 269 g/mol. The SMILES string of the molecule is CC(CN)C(=O)N1CCC(C(F)(F)F)C1(C)C.Cl. The Hall–Kier alpha value is -0.490. The summed E-state index contributed by atoms with van der Waals surface area (Å²) < 4.78 is 38.4. The highest BCUT2D eigenvalue weighted by atomic mass is 35.5. The fourth-order valence-corrected chi connectivity index (χ4v) is 2.41. The van der Waals surface area contributed by atoms with E-state index < -0.39 is 23.6 Å². The number of carbonyl (C=O) groups is 1. The summed E-state index contributed by atoms with van der Waals surface area (Å²) in [6, 6.07) is 0. The van der Waals surface area contributed by atoms with Crippen LogP contribution >= 0.6 is 12.4 Å². The molecule has 2 atom stereocenters. The summed E-state index contributed by atoms with van der Waals surface area (Å²) in [5.41, 5.74) is 4.20. The number of nitrogens with zero attached hydrogens (tertiary/aromatic N) is 1. The van der Waals surface area contributed by atoms with E-state index in [2.05, 4.69) is 0 Å². The van der Waals surface area contributed by atoms with E-state index in [1.54, 1.807) is 6.92 Å². The number of hydrogen-bond acceptors (Lipinski definition) is 2. The number of hydrogen-bond donors (Lipinski definition) is 1. The minimum atomic E-state index is -4.26. The van der Waals surface area contributed by atoms with E-state index in [0.29, 0.717) is 0 Å². The van der Waals surface area contributed by atoms with Crippen molar-refractivity contribution in [2.75, 3.05) is 13.1 Å². The van der Waals surface area contributed by atoms with Crippen LogP contribution in [0.5, 0.6) is 0 Å². The van der Waals surface area contributed by atoms with Gasteiger partial charge in [0.15, 0.2) is 0 Å². The molecular formula is C11H20ClF3N2O. The molecule has 0 bridgehead atoms. The molecule has 108 valence electrons. The summed E-state index contributed by atoms with van der Waals surface area (Å²) in [6.07, 6.45) is -4.29. The number of halogens is 4. The molecule has 0 saturated carbocycles. The first kappa shape index (κ1) is 17.5. The molecule has 18 heavy (non-hydrogen) atoms. The Bertz CT molecular complexity index is 307. The topological polar surface area (TPSA) is 46.3 Å². The van der Waals surface area contributed by atoms with Gasteiger partial charge in [-0.2, -0.15) is 13.2 Å². The second-order valence-electron chi connectivity index (χ2n) is 5.16. The number of likely N-dealkylation sites (tertiary alicyclic amines) is 1. The zero-order chi connectivity index (χ0) is 13.4. The minimum absolute atomic E-state index is 0. The first-order valence-corrected chi connectivity index (χ1v) is 5.70. The third-order valence-electron chi connectivity index (χ3n) is 3.63. The third-order valence-corrected chi connectivity index (χ3v) is 3.63. The van der Waals surface area contributed by atoms with Gasteiger partial charge >= 0.3 is 6.18 Å². The molecule has 1 heterocycles. The standard InChI is InChI=1S/C11H19F3N2O.ClH/c1-7(6-15)9(17)16-5-4-8(10(16,2)3)11(12,13)14;/h7-8H,4-6,15H2,1-3H3;1H. The van der Waals surface area contributed by atoms with Gasteiger partial charge in [0.05, 0.1) is 5.92 Å². The molecule has 7 heteroatoms. The van der Waals surface area contributed by atoms with Crippen LogP contribution in [-0.4, -0.2) is 35.6 Å². The Balaban J connectivity index is 0.00000289. The average Bonchev–Trinajstić information content (AvgIpc) is 2.50. The van der Waals surface area contributed by atoms with Gasteiger partial charge in [-0.05, 0) is 20.3 Å². The third kappa shape index (κ3) is 3.09. The summed E-state index contributed by atoms with van der Waals surface area (Å²) in [4.78, 5) is 13.3. The van der Waals surface area contributed by atoms with Gasteiger partial charge < -0.3 is 10.6 Å². The van der Waals surface area contributed by atoms with E-state index in [1.165, 1.54) is 18.7 Å². The first-order valence-electron chi connectivity index (χ1n) is 5.70. The summed E-state index contributed by atoms with van der Waals surface area (Å²) in [7, 11) is 0. The maximum absolute atomic E-state index is 12.8. The van der Waals surface area contributed by atoms with Crippen LogP contribution in [0.25, 0.3) is 0 Å². The van der Waals surface area contributed by atoms with Gasteiger partial charge in [-0.1, -0.05) is 6.92 Å². The Morgan fingerprint density at radius 2 is 2.00 bits per heavy atom. The van der Waals surface area contributed by atoms with Crippen LogP contribution in [0.1, 0.15) is 27.2 Å². The lowest BCUT2D eigenvalue weighted by molar-refractivity contribution is -0.192. The number of amides is 1. The quantitative estimate of drug-likeness (QED) is 0.847. The number of nitrogens with two attached hydrogens (primary N) is 1. The summed E-state index contributed by atoms with van der Waals surface area (Å²) in [5.74, 6) is -2.17. The van der Waals surface area contributed by atoms with Crippen molar-refractivity contribution in [3.05, 3.63) is 0 Å². The van der Waals surface area contributed by atoms with Crippen molar-refractivity contribution in [1.82, 2.24) is 4.90 Å². The van der Waals surface area contributed by atoms with E-state index in [4.69, 9.17) is 5.73 Å². The second kappa shape index (κ2) is 5.65. The molecule has 0 spiro atoms. The van der Waals surface area contributed by atoms with Crippen LogP contribution in [0.3, 0.4) is 0 Å². The molecule has 0 aromatic carbocycles. The predicted molar refractivity (Wildman–Crippen MR) is 65.4 cm³/mol. The van der Waals surface area contributed by atoms with Gasteiger partial charge in [-0.25, -0.2) is 0 Å². The van der Waals surface area contributed by atoms with Gasteiger partial charge in [0.25, 0.3) is 0 Å². The molecule has 1 saturated heterocycles. The Kier molecular flexibility index (Phi) is 5.50. The minimum Gasteiger partial charge on any atom is -0.337 e. The van der Waals surface area contributed by atoms with Gasteiger partial charge in [-0.3, -0.25) is 4.79 Å². The van der Waals surface area contributed by atoms with Crippen LogP contribution in [0.15, 0.2) is 0 Å². The average molecular weight is 289 g/mol. The summed E-state index contributed by atoms with van der Waals surface area (Å²) in [5, 5.41) is 0. The monoisotopic (exact) mass is 288 g/mol. The van der Waals surface area contributed by atoms with Gasteiger partial charge in [-0.15, -0.1) is 12.4 Å². The fraction of sp³-hybridized carbons (Fsp3) is 0.909. The molecule has 0 aromatic heterocycles. The molecule has 1 aliphatic rings. The van der Waals surface area contributed by atoms with E-state index in [1.807, 2.05) is 0 Å². The van der Waals surface area contributed by atoms with Crippen LogP contribution < -0.4 is 5.73 Å². The Morgan fingerprint density at radius 1 is 1.50 bits per heavy atom. The molecule has 1 rings (SSSR count). The van der Waals surface area contributed by atoms with Crippen molar-refractivity contribution < 1.29 is 18.0 Å². The highest BCUT2D eigenvalue weighted by Gasteiger charge is 2.56. The van der Waals surface area contributed by atoms with Crippen LogP contribution in [0, 0.1) is 11.8 Å². The van der Waals surface area contributed by atoms with E-state index in [0.717, 1.165) is 0 Å².